The number of carbonyl (C=O) groups excluding carboxylic acids is 1. The van der Waals surface area contributed by atoms with Gasteiger partial charge in [-0.3, -0.25) is 10.1 Å². The molecule has 24 heavy (non-hydrogen) atoms. The molecule has 0 aliphatic rings. The summed E-state index contributed by atoms with van der Waals surface area (Å²) in [6.07, 6.45) is 3.10. The molecule has 4 aromatic rings. The van der Waals surface area contributed by atoms with Crippen molar-refractivity contribution in [2.45, 2.75) is 0 Å². The first-order chi connectivity index (χ1) is 11.7. The maximum Gasteiger partial charge on any atom is 0.257 e. The third kappa shape index (κ3) is 2.44. The first kappa shape index (κ1) is 14.2. The number of hydrogen-bond acceptors (Lipinski definition) is 4. The van der Waals surface area contributed by atoms with Crippen LogP contribution in [0.3, 0.4) is 0 Å². The van der Waals surface area contributed by atoms with E-state index < -0.39 is 0 Å². The molecule has 0 spiro atoms. The lowest BCUT2D eigenvalue weighted by molar-refractivity contribution is 0.102. The lowest BCUT2D eigenvalue weighted by atomic mass is 10.1. The molecule has 0 saturated heterocycles. The van der Waals surface area contributed by atoms with E-state index in [1.807, 2.05) is 35.9 Å². The van der Waals surface area contributed by atoms with Gasteiger partial charge in [-0.1, -0.05) is 12.1 Å². The normalized spacial score (nSPS) is 10.9. The molecule has 0 bridgehead atoms. The van der Waals surface area contributed by atoms with Crippen molar-refractivity contribution in [3.63, 3.8) is 0 Å². The Bertz CT molecular complexity index is 1000. The van der Waals surface area contributed by atoms with Gasteiger partial charge in [0.15, 0.2) is 0 Å². The molecule has 1 amide bonds. The largest absolute Gasteiger partial charge is 0.445 e. The van der Waals surface area contributed by atoms with E-state index in [2.05, 4.69) is 15.3 Å². The standard InChI is InChI=1S/C18H14N4O2/c1-22-15-5-3-2-4-14(15)20-18(22)21-16(23)12-6-8-13(9-7-12)17-19-10-11-24-17/h2-11H,1H3,(H,20,21,23). The Balaban J connectivity index is 1.58. The average molecular weight is 318 g/mol. The number of hydrogen-bond donors (Lipinski definition) is 1. The van der Waals surface area contributed by atoms with E-state index in [-0.39, 0.29) is 5.91 Å². The molecule has 0 unspecified atom stereocenters. The molecule has 2 heterocycles. The molecule has 0 aliphatic heterocycles. The molecule has 118 valence electrons. The van der Waals surface area contributed by atoms with Crippen LogP contribution in [0.15, 0.2) is 65.4 Å². The van der Waals surface area contributed by atoms with E-state index in [0.29, 0.717) is 17.4 Å². The van der Waals surface area contributed by atoms with Gasteiger partial charge in [-0.2, -0.15) is 0 Å². The zero-order chi connectivity index (χ0) is 16.5. The number of carbonyl (C=O) groups is 1. The molecular weight excluding hydrogens is 304 g/mol. The van der Waals surface area contributed by atoms with Gasteiger partial charge in [0.05, 0.1) is 17.2 Å². The second-order valence-corrected chi connectivity index (χ2v) is 5.35. The molecule has 0 saturated carbocycles. The molecule has 6 heteroatoms. The highest BCUT2D eigenvalue weighted by Crippen LogP contribution is 2.20. The number of rotatable bonds is 3. The maximum atomic E-state index is 12.4. The summed E-state index contributed by atoms with van der Waals surface area (Å²) >= 11 is 0. The van der Waals surface area contributed by atoms with Crippen LogP contribution in [0.4, 0.5) is 5.95 Å². The number of aromatic nitrogens is 3. The van der Waals surface area contributed by atoms with Crippen LogP contribution < -0.4 is 5.32 Å². The number of imidazole rings is 1. The number of para-hydroxylation sites is 2. The molecule has 2 aromatic heterocycles. The number of oxazole rings is 1. The number of benzene rings is 2. The van der Waals surface area contributed by atoms with Crippen molar-refractivity contribution < 1.29 is 9.21 Å². The van der Waals surface area contributed by atoms with Gasteiger partial charge < -0.3 is 8.98 Å². The van der Waals surface area contributed by atoms with Crippen LogP contribution in [-0.4, -0.2) is 20.4 Å². The highest BCUT2D eigenvalue weighted by atomic mass is 16.3. The van der Waals surface area contributed by atoms with Crippen molar-refractivity contribution in [3.8, 4) is 11.5 Å². The van der Waals surface area contributed by atoms with Gasteiger partial charge >= 0.3 is 0 Å². The molecule has 1 N–H and O–H groups in total. The Morgan fingerprint density at radius 2 is 1.92 bits per heavy atom. The molecule has 0 atom stereocenters. The Labute approximate surface area is 137 Å². The predicted octanol–water partition coefficient (Wildman–Crippen LogP) is 3.48. The van der Waals surface area contributed by atoms with Crippen LogP contribution in [0.2, 0.25) is 0 Å². The topological polar surface area (TPSA) is 73.0 Å². The fourth-order valence-electron chi connectivity index (χ4n) is 2.56. The average Bonchev–Trinajstić information content (AvgIpc) is 3.25. The van der Waals surface area contributed by atoms with Gasteiger partial charge in [-0.25, -0.2) is 9.97 Å². The quantitative estimate of drug-likeness (QED) is 0.627. The number of aryl methyl sites for hydroxylation is 1. The Morgan fingerprint density at radius 3 is 2.62 bits per heavy atom. The summed E-state index contributed by atoms with van der Waals surface area (Å²) in [6.45, 7) is 0. The van der Waals surface area contributed by atoms with E-state index in [0.717, 1.165) is 16.6 Å². The zero-order valence-corrected chi connectivity index (χ0v) is 12.9. The number of nitrogens with one attached hydrogen (secondary N) is 1. The lowest BCUT2D eigenvalue weighted by Gasteiger charge is -2.05. The number of amides is 1. The van der Waals surface area contributed by atoms with E-state index in [4.69, 9.17) is 4.42 Å². The smallest absolute Gasteiger partial charge is 0.257 e. The molecule has 0 aliphatic carbocycles. The third-order valence-corrected chi connectivity index (χ3v) is 3.84. The van der Waals surface area contributed by atoms with Gasteiger partial charge in [0, 0.05) is 18.2 Å². The van der Waals surface area contributed by atoms with Crippen LogP contribution in [0.5, 0.6) is 0 Å². The van der Waals surface area contributed by atoms with Crippen molar-refractivity contribution in [2.24, 2.45) is 7.05 Å². The van der Waals surface area contributed by atoms with Gasteiger partial charge in [-0.15, -0.1) is 0 Å². The summed E-state index contributed by atoms with van der Waals surface area (Å²) in [5.41, 5.74) is 3.17. The summed E-state index contributed by atoms with van der Waals surface area (Å²) in [5.74, 6) is 0.822. The number of fused-ring (bicyclic) bond motifs is 1. The molecule has 0 fully saturated rings. The number of anilines is 1. The summed E-state index contributed by atoms with van der Waals surface area (Å²) in [4.78, 5) is 21.0. The van der Waals surface area contributed by atoms with Crippen molar-refractivity contribution in [1.82, 2.24) is 14.5 Å². The minimum absolute atomic E-state index is 0.215. The highest BCUT2D eigenvalue weighted by molar-refractivity contribution is 6.04. The lowest BCUT2D eigenvalue weighted by Crippen LogP contribution is -2.14. The summed E-state index contributed by atoms with van der Waals surface area (Å²) in [7, 11) is 1.87. The highest BCUT2D eigenvalue weighted by Gasteiger charge is 2.12. The van der Waals surface area contributed by atoms with E-state index >= 15 is 0 Å². The molecular formula is C18H14N4O2. The fourth-order valence-corrected chi connectivity index (χ4v) is 2.56. The van der Waals surface area contributed by atoms with Crippen LogP contribution in [0.25, 0.3) is 22.5 Å². The van der Waals surface area contributed by atoms with E-state index in [1.54, 1.807) is 30.5 Å². The fraction of sp³-hybridized carbons (Fsp3) is 0.0556. The van der Waals surface area contributed by atoms with Crippen molar-refractivity contribution in [2.75, 3.05) is 5.32 Å². The Kier molecular flexibility index (Phi) is 3.35. The molecule has 6 nitrogen and oxygen atoms in total. The first-order valence-corrected chi connectivity index (χ1v) is 7.45. The minimum Gasteiger partial charge on any atom is -0.445 e. The molecule has 4 rings (SSSR count). The van der Waals surface area contributed by atoms with Gasteiger partial charge in [0.1, 0.15) is 6.26 Å². The van der Waals surface area contributed by atoms with Crippen molar-refractivity contribution in [3.05, 3.63) is 66.6 Å². The van der Waals surface area contributed by atoms with Gasteiger partial charge in [-0.05, 0) is 36.4 Å². The second kappa shape index (κ2) is 5.66. The first-order valence-electron chi connectivity index (χ1n) is 7.45. The molecule has 0 radical (unpaired) electrons. The van der Waals surface area contributed by atoms with E-state index in [1.165, 1.54) is 6.26 Å². The molecule has 2 aromatic carbocycles. The van der Waals surface area contributed by atoms with Crippen LogP contribution >= 0.6 is 0 Å². The Hall–Kier alpha value is -3.41. The zero-order valence-electron chi connectivity index (χ0n) is 12.9. The van der Waals surface area contributed by atoms with Crippen molar-refractivity contribution in [1.29, 1.82) is 0 Å². The summed E-state index contributed by atoms with van der Waals surface area (Å²) in [6, 6.07) is 14.8. The second-order valence-electron chi connectivity index (χ2n) is 5.35. The summed E-state index contributed by atoms with van der Waals surface area (Å²) in [5, 5.41) is 2.84. The summed E-state index contributed by atoms with van der Waals surface area (Å²) < 4.78 is 7.10. The van der Waals surface area contributed by atoms with Crippen LogP contribution in [-0.2, 0) is 7.05 Å². The van der Waals surface area contributed by atoms with E-state index in [9.17, 15) is 4.79 Å². The Morgan fingerprint density at radius 1 is 1.12 bits per heavy atom. The SMILES string of the molecule is Cn1c(NC(=O)c2ccc(-c3ncco3)cc2)nc2ccccc21. The maximum absolute atomic E-state index is 12.4. The van der Waals surface area contributed by atoms with Gasteiger partial charge in [0.2, 0.25) is 11.8 Å². The monoisotopic (exact) mass is 318 g/mol. The van der Waals surface area contributed by atoms with Crippen LogP contribution in [0.1, 0.15) is 10.4 Å². The van der Waals surface area contributed by atoms with Crippen molar-refractivity contribution >= 4 is 22.9 Å². The van der Waals surface area contributed by atoms with Crippen LogP contribution in [0, 0.1) is 0 Å². The predicted molar refractivity (Wildman–Crippen MR) is 90.6 cm³/mol. The minimum atomic E-state index is -0.215. The number of nitrogens with zero attached hydrogens (tertiary/aromatic N) is 3. The third-order valence-electron chi connectivity index (χ3n) is 3.84. The van der Waals surface area contributed by atoms with Gasteiger partial charge in [0.25, 0.3) is 5.91 Å².